The molecule has 0 saturated carbocycles. The van der Waals surface area contributed by atoms with Crippen LogP contribution in [0.2, 0.25) is 0 Å². The Bertz CT molecular complexity index is 1040. The van der Waals surface area contributed by atoms with Crippen LogP contribution in [-0.2, 0) is 11.3 Å². The largest absolute Gasteiger partial charge is 0.376 e. The molecule has 0 N–H and O–H groups in total. The van der Waals surface area contributed by atoms with Crippen molar-refractivity contribution in [2.24, 2.45) is 0 Å². The van der Waals surface area contributed by atoms with Crippen LogP contribution < -0.4 is 9.80 Å². The van der Waals surface area contributed by atoms with Crippen LogP contribution >= 0.6 is 0 Å². The average molecular weight is 390 g/mol. The molecule has 0 amide bonds. The second kappa shape index (κ2) is 7.64. The molecule has 0 spiro atoms. The van der Waals surface area contributed by atoms with Gasteiger partial charge in [0.2, 0.25) is 0 Å². The van der Waals surface area contributed by atoms with Crippen molar-refractivity contribution in [2.75, 3.05) is 42.6 Å². The number of pyridine rings is 1. The molecule has 148 valence electrons. The summed E-state index contributed by atoms with van der Waals surface area (Å²) in [7, 11) is 0. The fourth-order valence-electron chi connectivity index (χ4n) is 4.05. The molecule has 9 nitrogen and oxygen atoms in total. The van der Waals surface area contributed by atoms with E-state index in [2.05, 4.69) is 40.4 Å². The number of imidazole rings is 1. The first kappa shape index (κ1) is 17.8. The van der Waals surface area contributed by atoms with Gasteiger partial charge in [-0.25, -0.2) is 19.9 Å². The molecule has 0 bridgehead atoms. The van der Waals surface area contributed by atoms with Crippen LogP contribution in [-0.4, -0.2) is 63.4 Å². The number of hydrogen-bond donors (Lipinski definition) is 0. The Morgan fingerprint density at radius 2 is 1.97 bits per heavy atom. The molecule has 1 atom stereocenters. The third kappa shape index (κ3) is 3.47. The van der Waals surface area contributed by atoms with E-state index in [9.17, 15) is 0 Å². The number of anilines is 2. The highest BCUT2D eigenvalue weighted by molar-refractivity contribution is 5.83. The molecule has 0 aliphatic carbocycles. The van der Waals surface area contributed by atoms with Crippen molar-refractivity contribution < 1.29 is 4.74 Å². The summed E-state index contributed by atoms with van der Waals surface area (Å²) in [5, 5.41) is 9.07. The van der Waals surface area contributed by atoms with Gasteiger partial charge in [0, 0.05) is 32.8 Å². The van der Waals surface area contributed by atoms with Crippen LogP contribution in [0.5, 0.6) is 0 Å². The number of nitriles is 1. The molecule has 29 heavy (non-hydrogen) atoms. The van der Waals surface area contributed by atoms with Crippen LogP contribution in [0.3, 0.4) is 0 Å². The highest BCUT2D eigenvalue weighted by Crippen LogP contribution is 2.25. The molecule has 9 heteroatoms. The highest BCUT2D eigenvalue weighted by Gasteiger charge is 2.23. The maximum Gasteiger partial charge on any atom is 0.165 e. The van der Waals surface area contributed by atoms with Crippen molar-refractivity contribution in [3.63, 3.8) is 0 Å². The second-order valence-corrected chi connectivity index (χ2v) is 7.37. The topological polar surface area (TPSA) is 96.0 Å². The smallest absolute Gasteiger partial charge is 0.165 e. The molecule has 3 aromatic rings. The van der Waals surface area contributed by atoms with Gasteiger partial charge in [0.25, 0.3) is 0 Å². The zero-order chi connectivity index (χ0) is 19.6. The Balaban J connectivity index is 1.33. The van der Waals surface area contributed by atoms with Gasteiger partial charge in [0.15, 0.2) is 17.0 Å². The maximum atomic E-state index is 9.07. The minimum absolute atomic E-state index is 0.242. The molecule has 1 unspecified atom stereocenters. The molecule has 5 rings (SSSR count). The SMILES string of the molecule is N#Cc1cccc(N2CCN(c3ncnc4c3ncn4CC3CCCO3)CC2)n1. The van der Waals surface area contributed by atoms with E-state index in [1.54, 1.807) is 12.4 Å². The summed E-state index contributed by atoms with van der Waals surface area (Å²) in [4.78, 5) is 22.5. The number of hydrogen-bond acceptors (Lipinski definition) is 8. The third-order valence-electron chi connectivity index (χ3n) is 5.56. The lowest BCUT2D eigenvalue weighted by molar-refractivity contribution is 0.0978. The summed E-state index contributed by atoms with van der Waals surface area (Å²) in [6, 6.07) is 7.66. The lowest BCUT2D eigenvalue weighted by Gasteiger charge is -2.36. The maximum absolute atomic E-state index is 9.07. The molecule has 2 saturated heterocycles. The number of ether oxygens (including phenoxy) is 1. The number of rotatable bonds is 4. The zero-order valence-electron chi connectivity index (χ0n) is 16.1. The van der Waals surface area contributed by atoms with E-state index in [-0.39, 0.29) is 6.10 Å². The Morgan fingerprint density at radius 3 is 2.76 bits per heavy atom. The summed E-state index contributed by atoms with van der Waals surface area (Å²) in [6.07, 6.45) is 5.91. The van der Waals surface area contributed by atoms with Crippen LogP contribution in [0.25, 0.3) is 11.2 Å². The predicted octanol–water partition coefficient (Wildman–Crippen LogP) is 1.60. The van der Waals surface area contributed by atoms with Crippen molar-refractivity contribution >= 4 is 22.8 Å². The predicted molar refractivity (Wildman–Crippen MR) is 108 cm³/mol. The first-order chi connectivity index (χ1) is 14.3. The van der Waals surface area contributed by atoms with E-state index >= 15 is 0 Å². The van der Waals surface area contributed by atoms with Crippen LogP contribution in [0, 0.1) is 11.3 Å². The molecule has 2 aliphatic heterocycles. The zero-order valence-corrected chi connectivity index (χ0v) is 16.1. The summed E-state index contributed by atoms with van der Waals surface area (Å²) < 4.78 is 7.83. The second-order valence-electron chi connectivity index (χ2n) is 7.37. The summed E-state index contributed by atoms with van der Waals surface area (Å²) in [5.74, 6) is 1.72. The van der Waals surface area contributed by atoms with E-state index in [0.717, 1.165) is 75.0 Å². The summed E-state index contributed by atoms with van der Waals surface area (Å²) in [5.41, 5.74) is 2.14. The minimum Gasteiger partial charge on any atom is -0.376 e. The Hall–Kier alpha value is -3.25. The Kier molecular flexibility index (Phi) is 4.69. The molecule has 5 heterocycles. The Morgan fingerprint density at radius 1 is 1.10 bits per heavy atom. The number of aromatic nitrogens is 5. The molecular formula is C20H22N8O. The van der Waals surface area contributed by atoms with E-state index in [1.165, 1.54) is 0 Å². The fraction of sp³-hybridized carbons (Fsp3) is 0.450. The van der Waals surface area contributed by atoms with Gasteiger partial charge in [-0.3, -0.25) is 0 Å². The van der Waals surface area contributed by atoms with Gasteiger partial charge in [0.1, 0.15) is 23.9 Å². The standard InChI is InChI=1S/C20H22N8O/c21-11-15-3-1-5-17(25-15)26-6-8-27(9-7-26)19-18-20(23-13-22-19)28(14-24-18)12-16-4-2-10-29-16/h1,3,5,13-14,16H,2,4,6-10,12H2. The van der Waals surface area contributed by atoms with Crippen LogP contribution in [0.4, 0.5) is 11.6 Å². The minimum atomic E-state index is 0.242. The van der Waals surface area contributed by atoms with E-state index in [4.69, 9.17) is 10.00 Å². The van der Waals surface area contributed by atoms with E-state index < -0.39 is 0 Å². The van der Waals surface area contributed by atoms with Crippen molar-refractivity contribution in [3.05, 3.63) is 36.5 Å². The van der Waals surface area contributed by atoms with Gasteiger partial charge < -0.3 is 19.1 Å². The van der Waals surface area contributed by atoms with Crippen molar-refractivity contribution in [1.29, 1.82) is 5.26 Å². The molecule has 0 radical (unpaired) electrons. The summed E-state index contributed by atoms with van der Waals surface area (Å²) in [6.45, 7) is 4.86. The first-order valence-corrected chi connectivity index (χ1v) is 9.96. The lowest BCUT2D eigenvalue weighted by atomic mass is 10.2. The van der Waals surface area contributed by atoms with Gasteiger partial charge >= 0.3 is 0 Å². The van der Waals surface area contributed by atoms with E-state index in [0.29, 0.717) is 5.69 Å². The Labute approximate surface area is 168 Å². The third-order valence-corrected chi connectivity index (χ3v) is 5.56. The van der Waals surface area contributed by atoms with Crippen molar-refractivity contribution in [3.8, 4) is 6.07 Å². The van der Waals surface area contributed by atoms with Gasteiger partial charge in [-0.05, 0) is 25.0 Å². The summed E-state index contributed by atoms with van der Waals surface area (Å²) >= 11 is 0. The quantitative estimate of drug-likeness (QED) is 0.663. The average Bonchev–Trinajstić information content (AvgIpc) is 3.44. The molecule has 0 aromatic carbocycles. The van der Waals surface area contributed by atoms with Crippen LogP contribution in [0.1, 0.15) is 18.5 Å². The van der Waals surface area contributed by atoms with Gasteiger partial charge in [0.05, 0.1) is 19.0 Å². The molecule has 2 fully saturated rings. The fourth-order valence-corrected chi connectivity index (χ4v) is 4.05. The normalized spacial score (nSPS) is 19.6. The van der Waals surface area contributed by atoms with Gasteiger partial charge in [-0.1, -0.05) is 6.07 Å². The highest BCUT2D eigenvalue weighted by atomic mass is 16.5. The number of fused-ring (bicyclic) bond motifs is 1. The molecular weight excluding hydrogens is 368 g/mol. The monoisotopic (exact) mass is 390 g/mol. The first-order valence-electron chi connectivity index (χ1n) is 9.96. The lowest BCUT2D eigenvalue weighted by Crippen LogP contribution is -2.47. The number of piperazine rings is 1. The van der Waals surface area contributed by atoms with Crippen LogP contribution in [0.15, 0.2) is 30.9 Å². The van der Waals surface area contributed by atoms with Crippen molar-refractivity contribution in [1.82, 2.24) is 24.5 Å². The molecule has 3 aromatic heterocycles. The van der Waals surface area contributed by atoms with Crippen molar-refractivity contribution in [2.45, 2.75) is 25.5 Å². The van der Waals surface area contributed by atoms with E-state index in [1.807, 2.05) is 18.5 Å². The molecule has 2 aliphatic rings. The van der Waals surface area contributed by atoms with Gasteiger partial charge in [-0.15, -0.1) is 0 Å². The number of nitrogens with zero attached hydrogens (tertiary/aromatic N) is 8. The van der Waals surface area contributed by atoms with Gasteiger partial charge in [-0.2, -0.15) is 5.26 Å².